The largest absolute Gasteiger partial charge is 0.497 e. The molecule has 0 atom stereocenters. The number of rotatable bonds is 7. The Morgan fingerprint density at radius 1 is 1.17 bits per heavy atom. The number of nitrogens with zero attached hydrogens (tertiary/aromatic N) is 2. The molecule has 0 radical (unpaired) electrons. The van der Waals surface area contributed by atoms with Gasteiger partial charge in [-0.15, -0.1) is 11.8 Å². The fourth-order valence-corrected chi connectivity index (χ4v) is 3.85. The number of ether oxygens (including phenoxy) is 1. The lowest BCUT2D eigenvalue weighted by atomic mass is 10.1. The van der Waals surface area contributed by atoms with Crippen molar-refractivity contribution < 1.29 is 9.53 Å². The molecule has 1 heterocycles. The molecular weight excluding hydrogens is 441 g/mol. The Kier molecular flexibility index (Phi) is 7.58. The topological polar surface area (TPSA) is 75.0 Å². The third kappa shape index (κ3) is 5.67. The van der Waals surface area contributed by atoms with Crippen molar-refractivity contribution in [2.75, 3.05) is 18.2 Å². The number of amides is 1. The Morgan fingerprint density at radius 3 is 2.63 bits per heavy atom. The van der Waals surface area contributed by atoms with E-state index in [9.17, 15) is 10.1 Å². The Balaban J connectivity index is 1.66. The lowest BCUT2D eigenvalue weighted by Gasteiger charge is -2.09. The highest BCUT2D eigenvalue weighted by atomic mass is 35.5. The van der Waals surface area contributed by atoms with E-state index >= 15 is 0 Å². The molecule has 0 unspecified atom stereocenters. The molecule has 0 spiro atoms. The van der Waals surface area contributed by atoms with Crippen LogP contribution in [0.3, 0.4) is 0 Å². The normalized spacial score (nSPS) is 10.3. The minimum Gasteiger partial charge on any atom is -0.497 e. The van der Waals surface area contributed by atoms with Crippen molar-refractivity contribution in [1.29, 1.82) is 5.26 Å². The number of pyridine rings is 1. The first-order valence-corrected chi connectivity index (χ1v) is 10.7. The van der Waals surface area contributed by atoms with Crippen molar-refractivity contribution in [2.45, 2.75) is 11.4 Å². The zero-order valence-corrected chi connectivity index (χ0v) is 18.3. The summed E-state index contributed by atoms with van der Waals surface area (Å²) in [5.41, 5.74) is 2.59. The molecule has 1 N–H and O–H groups in total. The predicted octanol–water partition coefficient (Wildman–Crippen LogP) is 6.06. The van der Waals surface area contributed by atoms with Crippen LogP contribution in [0.2, 0.25) is 10.0 Å². The molecule has 3 rings (SSSR count). The molecule has 1 amide bonds. The highest BCUT2D eigenvalue weighted by Gasteiger charge is 2.11. The van der Waals surface area contributed by atoms with Gasteiger partial charge in [-0.3, -0.25) is 4.79 Å². The summed E-state index contributed by atoms with van der Waals surface area (Å²) in [7, 11) is 1.61. The number of thioether (sulfide) groups is 1. The minimum atomic E-state index is -0.198. The fraction of sp³-hybridized carbons (Fsp3) is 0.136. The van der Waals surface area contributed by atoms with Crippen LogP contribution in [0.25, 0.3) is 11.3 Å². The van der Waals surface area contributed by atoms with Gasteiger partial charge in [-0.1, -0.05) is 23.2 Å². The molecule has 0 bridgehead atoms. The van der Waals surface area contributed by atoms with Crippen LogP contribution in [-0.4, -0.2) is 23.8 Å². The number of anilines is 1. The predicted molar refractivity (Wildman–Crippen MR) is 121 cm³/mol. The maximum Gasteiger partial charge on any atom is 0.225 e. The summed E-state index contributed by atoms with van der Waals surface area (Å²) in [5, 5.41) is 13.6. The van der Waals surface area contributed by atoms with E-state index in [-0.39, 0.29) is 12.3 Å². The molecule has 2 aromatic carbocycles. The third-order valence-electron chi connectivity index (χ3n) is 4.14. The van der Waals surface area contributed by atoms with E-state index in [0.717, 1.165) is 17.0 Å². The summed E-state index contributed by atoms with van der Waals surface area (Å²) >= 11 is 13.4. The lowest BCUT2D eigenvalue weighted by Crippen LogP contribution is -2.12. The molecular formula is C22H17Cl2N3O2S. The van der Waals surface area contributed by atoms with E-state index in [4.69, 9.17) is 27.9 Å². The number of nitrogens with one attached hydrogen (secondary N) is 1. The van der Waals surface area contributed by atoms with E-state index in [2.05, 4.69) is 16.4 Å². The highest BCUT2D eigenvalue weighted by Crippen LogP contribution is 2.28. The molecule has 30 heavy (non-hydrogen) atoms. The first-order valence-electron chi connectivity index (χ1n) is 8.93. The number of carbonyl (C=O) groups excluding carboxylic acids is 1. The number of aromatic nitrogens is 1. The number of hydrogen-bond donors (Lipinski definition) is 1. The van der Waals surface area contributed by atoms with Gasteiger partial charge in [0, 0.05) is 22.8 Å². The first kappa shape index (κ1) is 22.0. The molecule has 8 heteroatoms. The summed E-state index contributed by atoms with van der Waals surface area (Å²) in [6.07, 6.45) is 0.229. The molecule has 0 saturated heterocycles. The van der Waals surface area contributed by atoms with Crippen LogP contribution in [0.5, 0.6) is 5.75 Å². The van der Waals surface area contributed by atoms with Gasteiger partial charge in [0.1, 0.15) is 16.8 Å². The van der Waals surface area contributed by atoms with Crippen LogP contribution in [0.4, 0.5) is 5.69 Å². The van der Waals surface area contributed by atoms with Gasteiger partial charge in [-0.25, -0.2) is 4.98 Å². The Hall–Kier alpha value is -2.72. The summed E-state index contributed by atoms with van der Waals surface area (Å²) in [5.74, 6) is 1.02. The van der Waals surface area contributed by atoms with E-state index in [1.54, 1.807) is 37.4 Å². The number of carbonyl (C=O) groups is 1. The maximum atomic E-state index is 12.2. The van der Waals surface area contributed by atoms with E-state index in [1.165, 1.54) is 11.8 Å². The average Bonchev–Trinajstić information content (AvgIpc) is 2.76. The Labute approximate surface area is 189 Å². The van der Waals surface area contributed by atoms with Crippen LogP contribution in [0.1, 0.15) is 12.0 Å². The third-order valence-corrected chi connectivity index (χ3v) is 5.69. The highest BCUT2D eigenvalue weighted by molar-refractivity contribution is 7.99. The maximum absolute atomic E-state index is 12.2. The smallest absolute Gasteiger partial charge is 0.225 e. The van der Waals surface area contributed by atoms with Crippen LogP contribution in [0, 0.1) is 11.3 Å². The Morgan fingerprint density at radius 2 is 1.93 bits per heavy atom. The summed E-state index contributed by atoms with van der Waals surface area (Å²) in [6, 6.07) is 18.1. The molecule has 0 fully saturated rings. The van der Waals surface area contributed by atoms with Crippen LogP contribution >= 0.6 is 35.0 Å². The van der Waals surface area contributed by atoms with Gasteiger partial charge in [0.2, 0.25) is 5.91 Å². The van der Waals surface area contributed by atoms with Crippen LogP contribution in [0.15, 0.2) is 59.6 Å². The molecule has 1 aromatic heterocycles. The molecule has 0 saturated carbocycles. The average molecular weight is 458 g/mol. The molecule has 0 aliphatic heterocycles. The zero-order chi connectivity index (χ0) is 21.5. The summed E-state index contributed by atoms with van der Waals surface area (Å²) < 4.78 is 5.18. The lowest BCUT2D eigenvalue weighted by molar-refractivity contribution is -0.115. The molecule has 0 aliphatic rings. The Bertz CT molecular complexity index is 1100. The fourth-order valence-electron chi connectivity index (χ4n) is 2.60. The van der Waals surface area contributed by atoms with Crippen molar-refractivity contribution >= 4 is 46.6 Å². The van der Waals surface area contributed by atoms with Crippen molar-refractivity contribution in [2.24, 2.45) is 0 Å². The molecule has 5 nitrogen and oxygen atoms in total. The van der Waals surface area contributed by atoms with Gasteiger partial charge in [-0.05, 0) is 54.6 Å². The second-order valence-corrected chi connectivity index (χ2v) is 8.09. The number of benzene rings is 2. The van der Waals surface area contributed by atoms with E-state index < -0.39 is 0 Å². The number of nitriles is 1. The number of halogens is 2. The first-order chi connectivity index (χ1) is 14.5. The number of hydrogen-bond acceptors (Lipinski definition) is 5. The zero-order valence-electron chi connectivity index (χ0n) is 16.0. The van der Waals surface area contributed by atoms with Gasteiger partial charge in [0.15, 0.2) is 0 Å². The monoisotopic (exact) mass is 457 g/mol. The molecule has 0 aliphatic carbocycles. The second kappa shape index (κ2) is 10.4. The SMILES string of the molecule is COc1ccc(-c2ccc(C#N)c(SCCC(=O)Nc3cc(Cl)ccc3Cl)n2)cc1. The second-order valence-electron chi connectivity index (χ2n) is 6.16. The standard InChI is InChI=1S/C22H17Cl2N3O2S/c1-29-17-6-2-14(3-7-17)19-9-4-15(13-25)22(27-19)30-11-10-21(28)26-20-12-16(23)5-8-18(20)24/h2-9,12H,10-11H2,1H3,(H,26,28). The van der Waals surface area contributed by atoms with Gasteiger partial charge >= 0.3 is 0 Å². The van der Waals surface area contributed by atoms with Crippen molar-refractivity contribution in [3.05, 3.63) is 70.2 Å². The van der Waals surface area contributed by atoms with E-state index in [0.29, 0.717) is 32.1 Å². The number of methoxy groups -OCH3 is 1. The van der Waals surface area contributed by atoms with E-state index in [1.807, 2.05) is 24.3 Å². The van der Waals surface area contributed by atoms with Crippen molar-refractivity contribution in [3.8, 4) is 23.1 Å². The van der Waals surface area contributed by atoms with Gasteiger partial charge in [0.25, 0.3) is 0 Å². The van der Waals surface area contributed by atoms with Gasteiger partial charge in [-0.2, -0.15) is 5.26 Å². The summed E-state index contributed by atoms with van der Waals surface area (Å²) in [4.78, 5) is 16.9. The van der Waals surface area contributed by atoms with Crippen LogP contribution in [-0.2, 0) is 4.79 Å². The van der Waals surface area contributed by atoms with Crippen molar-refractivity contribution in [1.82, 2.24) is 4.98 Å². The quantitative estimate of drug-likeness (QED) is 0.436. The molecule has 3 aromatic rings. The van der Waals surface area contributed by atoms with Gasteiger partial charge < -0.3 is 10.1 Å². The molecule has 152 valence electrons. The van der Waals surface area contributed by atoms with Gasteiger partial charge in [0.05, 0.1) is 29.1 Å². The minimum absolute atomic E-state index is 0.198. The summed E-state index contributed by atoms with van der Waals surface area (Å²) in [6.45, 7) is 0. The van der Waals surface area contributed by atoms with Crippen molar-refractivity contribution in [3.63, 3.8) is 0 Å². The van der Waals surface area contributed by atoms with Crippen LogP contribution < -0.4 is 10.1 Å².